The van der Waals surface area contributed by atoms with Gasteiger partial charge in [0.1, 0.15) is 5.82 Å². The molecule has 34 heavy (non-hydrogen) atoms. The molecular formula is C27H27N5O2. The summed E-state index contributed by atoms with van der Waals surface area (Å²) in [5.41, 5.74) is 15.6. The van der Waals surface area contributed by atoms with Crippen LogP contribution in [0.5, 0.6) is 11.5 Å². The minimum Gasteiger partial charge on any atom is -0.493 e. The quantitative estimate of drug-likeness (QED) is 0.348. The van der Waals surface area contributed by atoms with Crippen molar-refractivity contribution in [3.63, 3.8) is 0 Å². The van der Waals surface area contributed by atoms with Crippen molar-refractivity contribution >= 4 is 27.5 Å². The van der Waals surface area contributed by atoms with E-state index in [9.17, 15) is 0 Å². The largest absolute Gasteiger partial charge is 0.493 e. The molecule has 0 amide bonds. The number of aromatic nitrogens is 3. The first kappa shape index (κ1) is 21.9. The van der Waals surface area contributed by atoms with Gasteiger partial charge in [-0.3, -0.25) is 9.97 Å². The number of benzene rings is 1. The first-order chi connectivity index (χ1) is 16.5. The van der Waals surface area contributed by atoms with Crippen molar-refractivity contribution in [1.82, 2.24) is 15.0 Å². The lowest BCUT2D eigenvalue weighted by atomic mass is 9.83. The number of nitrogen functional groups attached to an aromatic ring is 1. The molecule has 1 fully saturated rings. The van der Waals surface area contributed by atoms with E-state index < -0.39 is 5.54 Å². The number of hydrogen-bond acceptors (Lipinski definition) is 7. The Labute approximate surface area is 198 Å². The van der Waals surface area contributed by atoms with Gasteiger partial charge < -0.3 is 20.9 Å². The Morgan fingerprint density at radius 3 is 2.41 bits per heavy atom. The minimum atomic E-state index is -0.411. The molecule has 7 nitrogen and oxygen atoms in total. The lowest BCUT2D eigenvalue weighted by Crippen LogP contribution is -2.40. The van der Waals surface area contributed by atoms with Crippen molar-refractivity contribution in [2.24, 2.45) is 5.73 Å². The molecule has 4 N–H and O–H groups in total. The predicted molar refractivity (Wildman–Crippen MR) is 135 cm³/mol. The zero-order valence-electron chi connectivity index (χ0n) is 19.4. The average molecular weight is 454 g/mol. The number of fused-ring (bicyclic) bond motifs is 3. The number of pyridine rings is 3. The molecule has 7 heteroatoms. The van der Waals surface area contributed by atoms with E-state index in [4.69, 9.17) is 20.9 Å². The van der Waals surface area contributed by atoms with Crippen LogP contribution in [0.1, 0.15) is 37.7 Å². The topological polar surface area (TPSA) is 109 Å². The molecule has 0 saturated heterocycles. The highest BCUT2D eigenvalue weighted by Crippen LogP contribution is 2.37. The second-order valence-corrected chi connectivity index (χ2v) is 8.77. The molecular weight excluding hydrogens is 426 g/mol. The Hall–Kier alpha value is -3.89. The van der Waals surface area contributed by atoms with Crippen LogP contribution in [-0.4, -0.2) is 34.7 Å². The number of methoxy groups -OCH3 is 2. The van der Waals surface area contributed by atoms with Crippen LogP contribution in [0.15, 0.2) is 42.9 Å². The summed E-state index contributed by atoms with van der Waals surface area (Å²) in [6.45, 7) is 0. The third kappa shape index (κ3) is 4.09. The fourth-order valence-corrected chi connectivity index (χ4v) is 4.56. The molecule has 172 valence electrons. The molecule has 3 heterocycles. The van der Waals surface area contributed by atoms with Gasteiger partial charge in [0.2, 0.25) is 0 Å². The summed E-state index contributed by atoms with van der Waals surface area (Å²) >= 11 is 0. The number of rotatable bonds is 3. The van der Waals surface area contributed by atoms with Gasteiger partial charge in [0.05, 0.1) is 31.0 Å². The van der Waals surface area contributed by atoms with Gasteiger partial charge in [0.25, 0.3) is 0 Å². The fourth-order valence-electron chi connectivity index (χ4n) is 4.56. The van der Waals surface area contributed by atoms with Gasteiger partial charge in [-0.05, 0) is 36.4 Å². The monoisotopic (exact) mass is 453 g/mol. The predicted octanol–water partition coefficient (Wildman–Crippen LogP) is 4.46. The fraction of sp³-hybridized carbons (Fsp3) is 0.296. The number of ether oxygens (including phenoxy) is 2. The van der Waals surface area contributed by atoms with Crippen LogP contribution in [-0.2, 0) is 0 Å². The van der Waals surface area contributed by atoms with E-state index in [1.54, 1.807) is 32.8 Å². The van der Waals surface area contributed by atoms with E-state index in [2.05, 4.69) is 26.8 Å². The molecule has 0 bridgehead atoms. The second-order valence-electron chi connectivity index (χ2n) is 8.77. The molecule has 0 atom stereocenters. The van der Waals surface area contributed by atoms with Gasteiger partial charge in [-0.1, -0.05) is 31.1 Å². The van der Waals surface area contributed by atoms with E-state index in [1.165, 1.54) is 6.42 Å². The summed E-state index contributed by atoms with van der Waals surface area (Å²) in [6.07, 6.45) is 10.6. The van der Waals surface area contributed by atoms with Crippen LogP contribution in [0.3, 0.4) is 0 Å². The molecule has 0 spiro atoms. The van der Waals surface area contributed by atoms with Crippen molar-refractivity contribution in [3.05, 3.63) is 48.4 Å². The number of anilines is 1. The van der Waals surface area contributed by atoms with Crippen molar-refractivity contribution in [3.8, 4) is 34.6 Å². The molecule has 5 rings (SSSR count). The van der Waals surface area contributed by atoms with Gasteiger partial charge in [0, 0.05) is 46.6 Å². The summed E-state index contributed by atoms with van der Waals surface area (Å²) in [5.74, 6) is 8.17. The zero-order valence-corrected chi connectivity index (χ0v) is 19.4. The van der Waals surface area contributed by atoms with Crippen molar-refractivity contribution in [2.75, 3.05) is 20.0 Å². The maximum absolute atomic E-state index is 6.49. The Kier molecular flexibility index (Phi) is 5.68. The summed E-state index contributed by atoms with van der Waals surface area (Å²) in [5, 5.41) is 2.60. The molecule has 0 aliphatic heterocycles. The summed E-state index contributed by atoms with van der Waals surface area (Å²) < 4.78 is 10.9. The third-order valence-corrected chi connectivity index (χ3v) is 6.45. The van der Waals surface area contributed by atoms with Crippen LogP contribution in [0.25, 0.3) is 32.9 Å². The smallest absolute Gasteiger partial charge is 0.162 e. The van der Waals surface area contributed by atoms with E-state index in [0.717, 1.165) is 58.5 Å². The molecule has 3 aromatic heterocycles. The van der Waals surface area contributed by atoms with Gasteiger partial charge in [-0.15, -0.1) is 0 Å². The molecule has 0 unspecified atom stereocenters. The van der Waals surface area contributed by atoms with Gasteiger partial charge in [0.15, 0.2) is 11.5 Å². The Bertz CT molecular complexity index is 1450. The number of nitrogens with two attached hydrogens (primary N) is 2. The second kappa shape index (κ2) is 8.81. The highest BCUT2D eigenvalue weighted by molar-refractivity contribution is 6.10. The van der Waals surface area contributed by atoms with Crippen LogP contribution in [0, 0.1) is 11.8 Å². The standard InChI is InChI=1S/C27H27N5O2/c1-33-24-12-20-19-11-22(32-26(28)21(19)16-31-23(20)13-25(24)34-2)18-10-17(14-30-15-18)6-9-27(29)7-4-3-5-8-27/h10-16H,3-5,7-8,29H2,1-2H3,(H2,28,32). The van der Waals surface area contributed by atoms with Crippen molar-refractivity contribution < 1.29 is 9.47 Å². The van der Waals surface area contributed by atoms with Crippen LogP contribution >= 0.6 is 0 Å². The summed E-state index contributed by atoms with van der Waals surface area (Å²) in [6, 6.07) is 7.75. The van der Waals surface area contributed by atoms with E-state index in [1.807, 2.05) is 24.3 Å². The van der Waals surface area contributed by atoms with E-state index in [0.29, 0.717) is 23.0 Å². The van der Waals surface area contributed by atoms with Crippen molar-refractivity contribution in [2.45, 2.75) is 37.6 Å². The molecule has 1 aliphatic carbocycles. The molecule has 1 saturated carbocycles. The SMILES string of the molecule is COc1cc2ncc3c(N)nc(-c4cncc(C#CC5(N)CCCCC5)c4)cc3c2cc1OC. The summed E-state index contributed by atoms with van der Waals surface area (Å²) in [7, 11) is 3.22. The van der Waals surface area contributed by atoms with Crippen LogP contribution in [0.4, 0.5) is 5.82 Å². The highest BCUT2D eigenvalue weighted by Gasteiger charge is 2.24. The van der Waals surface area contributed by atoms with E-state index in [-0.39, 0.29) is 0 Å². The molecule has 1 aliphatic rings. The Morgan fingerprint density at radius 1 is 0.882 bits per heavy atom. The molecule has 0 radical (unpaired) electrons. The number of nitrogens with zero attached hydrogens (tertiary/aromatic N) is 3. The third-order valence-electron chi connectivity index (χ3n) is 6.45. The van der Waals surface area contributed by atoms with Crippen molar-refractivity contribution in [1.29, 1.82) is 0 Å². The number of hydrogen-bond donors (Lipinski definition) is 2. The lowest BCUT2D eigenvalue weighted by molar-refractivity contribution is 0.356. The molecule has 4 aromatic rings. The average Bonchev–Trinajstić information content (AvgIpc) is 2.87. The first-order valence-electron chi connectivity index (χ1n) is 11.4. The van der Waals surface area contributed by atoms with Gasteiger partial charge in [-0.2, -0.15) is 0 Å². The molecule has 1 aromatic carbocycles. The van der Waals surface area contributed by atoms with E-state index >= 15 is 0 Å². The highest BCUT2D eigenvalue weighted by atomic mass is 16.5. The summed E-state index contributed by atoms with van der Waals surface area (Å²) in [4.78, 5) is 13.6. The maximum Gasteiger partial charge on any atom is 0.162 e. The zero-order chi connectivity index (χ0) is 23.7. The maximum atomic E-state index is 6.49. The minimum absolute atomic E-state index is 0.399. The Morgan fingerprint density at radius 2 is 1.65 bits per heavy atom. The Balaban J connectivity index is 1.60. The first-order valence-corrected chi connectivity index (χ1v) is 11.4. The van der Waals surface area contributed by atoms with Gasteiger partial charge in [-0.25, -0.2) is 4.98 Å². The van der Waals surface area contributed by atoms with Gasteiger partial charge >= 0.3 is 0 Å². The van der Waals surface area contributed by atoms with Crippen LogP contribution in [0.2, 0.25) is 0 Å². The van der Waals surface area contributed by atoms with Crippen LogP contribution < -0.4 is 20.9 Å². The normalized spacial score (nSPS) is 15.0. The lowest BCUT2D eigenvalue weighted by Gasteiger charge is -2.27.